The van der Waals surface area contributed by atoms with Gasteiger partial charge in [0.05, 0.1) is 12.7 Å². The normalized spacial score (nSPS) is 10.2. The lowest BCUT2D eigenvalue weighted by molar-refractivity contribution is 0.0600. The Morgan fingerprint density at radius 3 is 2.64 bits per heavy atom. The lowest BCUT2D eigenvalue weighted by Gasteiger charge is -2.10. The second-order valence-electron chi connectivity index (χ2n) is 5.90. The molecule has 28 heavy (non-hydrogen) atoms. The van der Waals surface area contributed by atoms with E-state index in [4.69, 9.17) is 16.3 Å². The first-order valence-corrected chi connectivity index (χ1v) is 8.87. The van der Waals surface area contributed by atoms with Crippen LogP contribution in [0.25, 0.3) is 0 Å². The number of esters is 1. The Labute approximate surface area is 167 Å². The maximum Gasteiger partial charge on any atom is 0.337 e. The van der Waals surface area contributed by atoms with Gasteiger partial charge in [-0.15, -0.1) is 0 Å². The molecule has 0 saturated carbocycles. The number of halogens is 1. The smallest absolute Gasteiger partial charge is 0.337 e. The van der Waals surface area contributed by atoms with Gasteiger partial charge in [-0.25, -0.2) is 9.78 Å². The topological polar surface area (TPSA) is 80.3 Å². The highest BCUT2D eigenvalue weighted by Crippen LogP contribution is 2.18. The molecule has 1 amide bonds. The second-order valence-corrected chi connectivity index (χ2v) is 6.31. The lowest BCUT2D eigenvalue weighted by atomic mass is 10.2. The van der Waals surface area contributed by atoms with Crippen molar-refractivity contribution in [3.8, 4) is 0 Å². The summed E-state index contributed by atoms with van der Waals surface area (Å²) in [7, 11) is 1.33. The molecule has 2 aromatic carbocycles. The van der Waals surface area contributed by atoms with Crippen LogP contribution in [0.2, 0.25) is 5.02 Å². The Morgan fingerprint density at radius 1 is 1.04 bits per heavy atom. The predicted molar refractivity (Wildman–Crippen MR) is 108 cm³/mol. The summed E-state index contributed by atoms with van der Waals surface area (Å²) in [6.07, 6.45) is 1.54. The number of rotatable bonds is 6. The van der Waals surface area contributed by atoms with E-state index in [0.717, 1.165) is 5.56 Å². The van der Waals surface area contributed by atoms with Crippen LogP contribution in [0, 0.1) is 0 Å². The van der Waals surface area contributed by atoms with Crippen LogP contribution in [0.5, 0.6) is 0 Å². The summed E-state index contributed by atoms with van der Waals surface area (Å²) < 4.78 is 4.72. The van der Waals surface area contributed by atoms with Gasteiger partial charge in [0.2, 0.25) is 0 Å². The van der Waals surface area contributed by atoms with E-state index in [0.29, 0.717) is 34.2 Å². The van der Waals surface area contributed by atoms with Crippen molar-refractivity contribution in [2.75, 3.05) is 12.4 Å². The van der Waals surface area contributed by atoms with Crippen LogP contribution in [-0.2, 0) is 11.3 Å². The maximum absolute atomic E-state index is 12.4. The third-order valence-corrected chi connectivity index (χ3v) is 4.34. The molecule has 7 heteroatoms. The number of nitrogens with one attached hydrogen (secondary N) is 2. The first kappa shape index (κ1) is 19.4. The van der Waals surface area contributed by atoms with Crippen LogP contribution in [0.15, 0.2) is 66.9 Å². The van der Waals surface area contributed by atoms with Crippen LogP contribution >= 0.6 is 11.6 Å². The Bertz CT molecular complexity index is 1010. The van der Waals surface area contributed by atoms with Gasteiger partial charge in [-0.1, -0.05) is 35.9 Å². The summed E-state index contributed by atoms with van der Waals surface area (Å²) in [5, 5.41) is 6.52. The van der Waals surface area contributed by atoms with Crippen LogP contribution < -0.4 is 10.6 Å². The summed E-state index contributed by atoms with van der Waals surface area (Å²) >= 11 is 6.11. The Kier molecular flexibility index (Phi) is 6.24. The molecule has 0 saturated heterocycles. The largest absolute Gasteiger partial charge is 0.465 e. The molecule has 2 N–H and O–H groups in total. The summed E-state index contributed by atoms with van der Waals surface area (Å²) in [6, 6.07) is 17.4. The van der Waals surface area contributed by atoms with Crippen LogP contribution in [0.1, 0.15) is 26.3 Å². The second kappa shape index (κ2) is 9.01. The van der Waals surface area contributed by atoms with E-state index in [9.17, 15) is 9.59 Å². The van der Waals surface area contributed by atoms with E-state index in [1.165, 1.54) is 13.3 Å². The summed E-state index contributed by atoms with van der Waals surface area (Å²) in [5.41, 5.74) is 2.36. The number of aromatic nitrogens is 1. The zero-order chi connectivity index (χ0) is 19.9. The van der Waals surface area contributed by atoms with Gasteiger partial charge in [-0.3, -0.25) is 4.79 Å². The molecule has 3 aromatic rings. The number of anilines is 2. The lowest BCUT2D eigenvalue weighted by Crippen LogP contribution is -2.23. The Balaban J connectivity index is 1.69. The zero-order valence-corrected chi connectivity index (χ0v) is 15.9. The SMILES string of the molecule is COC(=O)c1cccc(Nc2cc(C(=O)NCc3ccccc3Cl)ccn2)c1. The zero-order valence-electron chi connectivity index (χ0n) is 15.1. The van der Waals surface area contributed by atoms with Crippen molar-refractivity contribution >= 4 is 35.0 Å². The first-order valence-electron chi connectivity index (χ1n) is 8.50. The molecule has 3 rings (SSSR count). The highest BCUT2D eigenvalue weighted by molar-refractivity contribution is 6.31. The molecule has 6 nitrogen and oxygen atoms in total. The molecule has 0 aliphatic carbocycles. The van der Waals surface area contributed by atoms with Crippen molar-refractivity contribution in [3.63, 3.8) is 0 Å². The summed E-state index contributed by atoms with van der Waals surface area (Å²) in [4.78, 5) is 28.3. The van der Waals surface area contributed by atoms with E-state index in [1.807, 2.05) is 18.2 Å². The number of methoxy groups -OCH3 is 1. The summed E-state index contributed by atoms with van der Waals surface area (Å²) in [5.74, 6) is -0.189. The van der Waals surface area contributed by atoms with Gasteiger partial charge in [0.1, 0.15) is 5.82 Å². The number of benzene rings is 2. The highest BCUT2D eigenvalue weighted by Gasteiger charge is 2.09. The number of nitrogens with zero attached hydrogens (tertiary/aromatic N) is 1. The highest BCUT2D eigenvalue weighted by atomic mass is 35.5. The molecule has 0 aliphatic rings. The number of ether oxygens (including phenoxy) is 1. The molecule has 0 spiro atoms. The van der Waals surface area contributed by atoms with E-state index in [1.54, 1.807) is 42.5 Å². The molecule has 1 aromatic heterocycles. The van der Waals surface area contributed by atoms with Crippen LogP contribution in [-0.4, -0.2) is 24.0 Å². The third-order valence-electron chi connectivity index (χ3n) is 3.98. The molecule has 0 aliphatic heterocycles. The molecule has 0 atom stereocenters. The average Bonchev–Trinajstić information content (AvgIpc) is 2.72. The van der Waals surface area contributed by atoms with Crippen molar-refractivity contribution in [2.24, 2.45) is 0 Å². The van der Waals surface area contributed by atoms with Gasteiger partial charge in [-0.05, 0) is 42.0 Å². The minimum atomic E-state index is -0.427. The third kappa shape index (κ3) is 4.86. The number of hydrogen-bond acceptors (Lipinski definition) is 5. The quantitative estimate of drug-likeness (QED) is 0.611. The van der Waals surface area contributed by atoms with Crippen LogP contribution in [0.4, 0.5) is 11.5 Å². The molecule has 0 bridgehead atoms. The van der Waals surface area contributed by atoms with E-state index < -0.39 is 5.97 Å². The molecular weight excluding hydrogens is 378 g/mol. The number of carbonyl (C=O) groups is 2. The molecular formula is C21H18ClN3O3. The maximum atomic E-state index is 12.4. The first-order chi connectivity index (χ1) is 13.6. The average molecular weight is 396 g/mol. The van der Waals surface area contributed by atoms with Crippen molar-refractivity contribution in [1.29, 1.82) is 0 Å². The van der Waals surface area contributed by atoms with Crippen molar-refractivity contribution in [1.82, 2.24) is 10.3 Å². The minimum Gasteiger partial charge on any atom is -0.465 e. The standard InChI is InChI=1S/C21H18ClN3O3/c1-28-21(27)15-6-4-7-17(11-15)25-19-12-14(9-10-23-19)20(26)24-13-16-5-2-3-8-18(16)22/h2-12H,13H2,1H3,(H,23,25)(H,24,26). The van der Waals surface area contributed by atoms with E-state index in [-0.39, 0.29) is 5.91 Å². The molecule has 0 unspecified atom stereocenters. The van der Waals surface area contributed by atoms with Crippen LogP contribution in [0.3, 0.4) is 0 Å². The van der Waals surface area contributed by atoms with Gasteiger partial charge in [0.25, 0.3) is 5.91 Å². The number of pyridine rings is 1. The fraction of sp³-hybridized carbons (Fsp3) is 0.0952. The van der Waals surface area contributed by atoms with Gasteiger partial charge in [-0.2, -0.15) is 0 Å². The Morgan fingerprint density at radius 2 is 1.86 bits per heavy atom. The number of amides is 1. The van der Waals surface area contributed by atoms with Crippen molar-refractivity contribution in [3.05, 3.63) is 88.6 Å². The van der Waals surface area contributed by atoms with Crippen molar-refractivity contribution < 1.29 is 14.3 Å². The molecule has 0 fully saturated rings. The van der Waals surface area contributed by atoms with Gasteiger partial charge >= 0.3 is 5.97 Å². The molecule has 1 heterocycles. The predicted octanol–water partition coefficient (Wildman–Crippen LogP) is 4.20. The van der Waals surface area contributed by atoms with E-state index >= 15 is 0 Å². The van der Waals surface area contributed by atoms with Gasteiger partial charge in [0.15, 0.2) is 0 Å². The minimum absolute atomic E-state index is 0.242. The van der Waals surface area contributed by atoms with Gasteiger partial charge in [0, 0.05) is 29.0 Å². The van der Waals surface area contributed by atoms with Crippen molar-refractivity contribution in [2.45, 2.75) is 6.54 Å². The number of hydrogen-bond donors (Lipinski definition) is 2. The Hall–Kier alpha value is -3.38. The molecule has 142 valence electrons. The number of carbonyl (C=O) groups excluding carboxylic acids is 2. The van der Waals surface area contributed by atoms with E-state index in [2.05, 4.69) is 15.6 Å². The fourth-order valence-corrected chi connectivity index (χ4v) is 2.75. The molecule has 0 radical (unpaired) electrons. The fourth-order valence-electron chi connectivity index (χ4n) is 2.55. The monoisotopic (exact) mass is 395 g/mol. The summed E-state index contributed by atoms with van der Waals surface area (Å²) in [6.45, 7) is 0.324. The van der Waals surface area contributed by atoms with Gasteiger partial charge < -0.3 is 15.4 Å².